The highest BCUT2D eigenvalue weighted by atomic mass is 19.1. The van der Waals surface area contributed by atoms with Crippen molar-refractivity contribution in [2.75, 3.05) is 38.3 Å². The van der Waals surface area contributed by atoms with Crippen molar-refractivity contribution < 1.29 is 18.3 Å². The Morgan fingerprint density at radius 3 is 2.76 bits per heavy atom. The van der Waals surface area contributed by atoms with E-state index in [-0.39, 0.29) is 18.0 Å². The van der Waals surface area contributed by atoms with Gasteiger partial charge in [-0.3, -0.25) is 4.79 Å². The van der Waals surface area contributed by atoms with Crippen molar-refractivity contribution in [3.8, 4) is 0 Å². The van der Waals surface area contributed by atoms with Gasteiger partial charge < -0.3 is 14.5 Å². The second kappa shape index (κ2) is 7.57. The van der Waals surface area contributed by atoms with Gasteiger partial charge in [0.15, 0.2) is 0 Å². The van der Waals surface area contributed by atoms with Crippen molar-refractivity contribution in [1.29, 1.82) is 0 Å². The Balaban J connectivity index is 1.80. The number of halogens is 2. The monoisotopic (exact) mass is 347 g/mol. The Morgan fingerprint density at radius 2 is 2.04 bits per heavy atom. The van der Waals surface area contributed by atoms with Crippen LogP contribution in [0.1, 0.15) is 15.9 Å². The fraction of sp³-hybridized carbons (Fsp3) is 0.333. The van der Waals surface area contributed by atoms with Gasteiger partial charge in [-0.25, -0.2) is 13.8 Å². The number of carbonyl (C=O) groups excluding carboxylic acids is 1. The maximum atomic E-state index is 13.8. The maximum Gasteiger partial charge on any atom is 0.257 e. The zero-order valence-corrected chi connectivity index (χ0v) is 13.9. The highest BCUT2D eigenvalue weighted by Gasteiger charge is 2.22. The molecule has 7 heteroatoms. The summed E-state index contributed by atoms with van der Waals surface area (Å²) < 4.78 is 32.2. The third-order valence-corrected chi connectivity index (χ3v) is 4.10. The van der Waals surface area contributed by atoms with E-state index in [1.165, 1.54) is 17.0 Å². The summed E-state index contributed by atoms with van der Waals surface area (Å²) in [6.07, 6.45) is 1.64. The smallest absolute Gasteiger partial charge is 0.257 e. The molecule has 1 aromatic carbocycles. The van der Waals surface area contributed by atoms with Crippen LogP contribution in [0.3, 0.4) is 0 Å². The molecule has 3 rings (SSSR count). The summed E-state index contributed by atoms with van der Waals surface area (Å²) in [5.74, 6) is -0.975. The second-order valence-corrected chi connectivity index (χ2v) is 5.87. The maximum absolute atomic E-state index is 13.8. The molecule has 0 spiro atoms. The van der Waals surface area contributed by atoms with E-state index in [9.17, 15) is 13.6 Å². The molecule has 1 fully saturated rings. The van der Waals surface area contributed by atoms with Crippen LogP contribution in [0, 0.1) is 11.6 Å². The number of rotatable bonds is 4. The number of morpholine rings is 1. The molecule has 1 saturated heterocycles. The van der Waals surface area contributed by atoms with Gasteiger partial charge in [0.05, 0.1) is 18.8 Å². The molecule has 0 aliphatic carbocycles. The van der Waals surface area contributed by atoms with Crippen molar-refractivity contribution in [2.45, 2.75) is 6.54 Å². The minimum atomic E-state index is -0.667. The zero-order valence-electron chi connectivity index (χ0n) is 13.9. The van der Waals surface area contributed by atoms with Gasteiger partial charge in [0.2, 0.25) is 0 Å². The Morgan fingerprint density at radius 1 is 1.28 bits per heavy atom. The minimum absolute atomic E-state index is 0.0440. The first-order valence-corrected chi connectivity index (χ1v) is 8.03. The molecule has 132 valence electrons. The number of carbonyl (C=O) groups is 1. The van der Waals surface area contributed by atoms with Gasteiger partial charge in [0.25, 0.3) is 5.91 Å². The summed E-state index contributed by atoms with van der Waals surface area (Å²) in [6, 6.07) is 6.75. The molecule has 1 aromatic heterocycles. The average molecular weight is 347 g/mol. The van der Waals surface area contributed by atoms with Gasteiger partial charge in [0.1, 0.15) is 17.5 Å². The number of benzene rings is 1. The normalized spacial score (nSPS) is 14.4. The van der Waals surface area contributed by atoms with E-state index in [0.29, 0.717) is 37.7 Å². The van der Waals surface area contributed by atoms with Crippen molar-refractivity contribution in [3.63, 3.8) is 0 Å². The lowest BCUT2D eigenvalue weighted by atomic mass is 10.1. The molecule has 0 radical (unpaired) electrons. The molecule has 1 amide bonds. The van der Waals surface area contributed by atoms with E-state index in [2.05, 4.69) is 4.98 Å². The predicted octanol–water partition coefficient (Wildman–Crippen LogP) is 2.47. The third kappa shape index (κ3) is 3.93. The summed E-state index contributed by atoms with van der Waals surface area (Å²) in [4.78, 5) is 20.6. The lowest BCUT2D eigenvalue weighted by Crippen LogP contribution is -2.38. The number of anilines is 1. The molecule has 0 N–H and O–H groups in total. The largest absolute Gasteiger partial charge is 0.378 e. The molecule has 5 nitrogen and oxygen atoms in total. The van der Waals surface area contributed by atoms with Gasteiger partial charge in [-0.1, -0.05) is 6.07 Å². The molecule has 0 atom stereocenters. The quantitative estimate of drug-likeness (QED) is 0.852. The van der Waals surface area contributed by atoms with Crippen LogP contribution in [0.25, 0.3) is 0 Å². The van der Waals surface area contributed by atoms with Crippen LogP contribution in [0.5, 0.6) is 0 Å². The number of hydrogen-bond acceptors (Lipinski definition) is 4. The van der Waals surface area contributed by atoms with Crippen LogP contribution >= 0.6 is 0 Å². The lowest BCUT2D eigenvalue weighted by molar-refractivity contribution is 0.0782. The Bertz CT molecular complexity index is 764. The first-order chi connectivity index (χ1) is 12.1. The molecular formula is C18H19F2N3O2. The number of aromatic nitrogens is 1. The highest BCUT2D eigenvalue weighted by Crippen LogP contribution is 2.21. The van der Waals surface area contributed by atoms with Crippen molar-refractivity contribution in [3.05, 3.63) is 59.3 Å². The van der Waals surface area contributed by atoms with E-state index < -0.39 is 11.6 Å². The molecule has 0 bridgehead atoms. The van der Waals surface area contributed by atoms with Gasteiger partial charge in [-0.15, -0.1) is 0 Å². The number of hydrogen-bond donors (Lipinski definition) is 0. The summed E-state index contributed by atoms with van der Waals surface area (Å²) in [5.41, 5.74) is 0.712. The first-order valence-electron chi connectivity index (χ1n) is 8.03. The highest BCUT2D eigenvalue weighted by molar-refractivity contribution is 5.98. The molecule has 1 aliphatic heterocycles. The van der Waals surface area contributed by atoms with Crippen LogP contribution < -0.4 is 4.90 Å². The van der Waals surface area contributed by atoms with E-state index in [0.717, 1.165) is 6.07 Å². The SMILES string of the molecule is CN(Cc1ccc(F)cc1F)C(=O)c1cccnc1N1CCOCC1. The average Bonchev–Trinajstić information content (AvgIpc) is 2.64. The van der Waals surface area contributed by atoms with E-state index >= 15 is 0 Å². The van der Waals surface area contributed by atoms with Crippen molar-refractivity contribution >= 4 is 11.7 Å². The molecule has 1 aliphatic rings. The van der Waals surface area contributed by atoms with Crippen LogP contribution in [0.15, 0.2) is 36.5 Å². The predicted molar refractivity (Wildman–Crippen MR) is 89.4 cm³/mol. The number of nitrogens with zero attached hydrogens (tertiary/aromatic N) is 3. The van der Waals surface area contributed by atoms with Crippen LogP contribution in [0.2, 0.25) is 0 Å². The van der Waals surface area contributed by atoms with Crippen molar-refractivity contribution in [1.82, 2.24) is 9.88 Å². The Hall–Kier alpha value is -2.54. The van der Waals surface area contributed by atoms with Gasteiger partial charge in [-0.05, 0) is 18.2 Å². The molecule has 2 heterocycles. The summed E-state index contributed by atoms with van der Waals surface area (Å²) in [6.45, 7) is 2.53. The van der Waals surface area contributed by atoms with E-state index in [4.69, 9.17) is 4.74 Å². The fourth-order valence-electron chi connectivity index (χ4n) is 2.77. The first kappa shape index (κ1) is 17.3. The summed E-state index contributed by atoms with van der Waals surface area (Å²) in [5, 5.41) is 0. The number of amides is 1. The van der Waals surface area contributed by atoms with Crippen LogP contribution in [-0.2, 0) is 11.3 Å². The summed E-state index contributed by atoms with van der Waals surface area (Å²) >= 11 is 0. The topological polar surface area (TPSA) is 45.7 Å². The van der Waals surface area contributed by atoms with Gasteiger partial charge >= 0.3 is 0 Å². The zero-order chi connectivity index (χ0) is 17.8. The van der Waals surface area contributed by atoms with Gasteiger partial charge in [-0.2, -0.15) is 0 Å². The summed E-state index contributed by atoms with van der Waals surface area (Å²) in [7, 11) is 1.58. The Kier molecular flexibility index (Phi) is 5.23. The van der Waals surface area contributed by atoms with Crippen molar-refractivity contribution in [2.24, 2.45) is 0 Å². The Labute approximate surface area is 144 Å². The molecule has 0 unspecified atom stereocenters. The van der Waals surface area contributed by atoms with Crippen LogP contribution in [0.4, 0.5) is 14.6 Å². The molecule has 25 heavy (non-hydrogen) atoms. The van der Waals surface area contributed by atoms with E-state index in [1.54, 1.807) is 25.4 Å². The molecular weight excluding hydrogens is 328 g/mol. The standard InChI is InChI=1S/C18H19F2N3O2/c1-22(12-13-4-5-14(19)11-16(13)20)18(24)15-3-2-6-21-17(15)23-7-9-25-10-8-23/h2-6,11H,7-10,12H2,1H3. The lowest BCUT2D eigenvalue weighted by Gasteiger charge is -2.30. The molecule has 2 aromatic rings. The minimum Gasteiger partial charge on any atom is -0.378 e. The second-order valence-electron chi connectivity index (χ2n) is 5.87. The number of pyridine rings is 1. The van der Waals surface area contributed by atoms with E-state index in [1.807, 2.05) is 4.90 Å². The fourth-order valence-corrected chi connectivity index (χ4v) is 2.77. The van der Waals surface area contributed by atoms with Crippen LogP contribution in [-0.4, -0.2) is 49.1 Å². The third-order valence-electron chi connectivity index (χ3n) is 4.10. The number of ether oxygens (including phenoxy) is 1. The molecule has 0 saturated carbocycles. The van der Waals surface area contributed by atoms with Gasteiger partial charge in [0, 0.05) is 44.5 Å².